The lowest BCUT2D eigenvalue weighted by Gasteiger charge is -2.49. The van der Waals surface area contributed by atoms with Crippen molar-refractivity contribution in [2.75, 3.05) is 11.5 Å². The van der Waals surface area contributed by atoms with Crippen LogP contribution in [0.2, 0.25) is 0 Å². The van der Waals surface area contributed by atoms with Crippen LogP contribution in [0.25, 0.3) is 0 Å². The summed E-state index contributed by atoms with van der Waals surface area (Å²) in [5.41, 5.74) is 1.80. The van der Waals surface area contributed by atoms with Crippen LogP contribution < -0.4 is 5.32 Å². The second-order valence-corrected chi connectivity index (χ2v) is 12.8. The molecule has 2 aromatic carbocycles. The number of amides is 2. The molecule has 1 saturated heterocycles. The maximum Gasteiger partial charge on any atom is 0.358 e. The normalized spacial score (nSPS) is 21.9. The molecule has 3 aromatic rings. The topological polar surface area (TPSA) is 148 Å². The minimum atomic E-state index is -1.45. The van der Waals surface area contributed by atoms with Gasteiger partial charge in [0.05, 0.1) is 5.56 Å². The van der Waals surface area contributed by atoms with Gasteiger partial charge in [-0.2, -0.15) is 0 Å². The molecule has 11 nitrogen and oxygen atoms in total. The van der Waals surface area contributed by atoms with Gasteiger partial charge in [0.15, 0.2) is 10.4 Å². The fraction of sp³-hybridized carbons (Fsp3) is 0.259. The van der Waals surface area contributed by atoms with Crippen LogP contribution in [-0.2, 0) is 23.9 Å². The van der Waals surface area contributed by atoms with Crippen LogP contribution in [0.15, 0.2) is 70.2 Å². The minimum Gasteiger partial charge on any atom is -0.417 e. The third kappa shape index (κ3) is 5.23. The van der Waals surface area contributed by atoms with Crippen molar-refractivity contribution in [3.63, 3.8) is 0 Å². The van der Waals surface area contributed by atoms with Gasteiger partial charge in [0.1, 0.15) is 22.1 Å². The predicted molar refractivity (Wildman–Crippen MR) is 150 cm³/mol. The largest absolute Gasteiger partial charge is 0.417 e. The van der Waals surface area contributed by atoms with Crippen LogP contribution in [-0.4, -0.2) is 66.9 Å². The molecule has 0 bridgehead atoms. The molecule has 14 heteroatoms. The van der Waals surface area contributed by atoms with Crippen LogP contribution in [0.3, 0.4) is 0 Å². The summed E-state index contributed by atoms with van der Waals surface area (Å²) in [5.74, 6) is -1.94. The number of aromatic nitrogens is 2. The zero-order chi connectivity index (χ0) is 28.7. The number of ether oxygens (including phenoxy) is 2. The number of nitrogens with zero attached hydrogens (tertiary/aromatic N) is 3. The van der Waals surface area contributed by atoms with Gasteiger partial charge in [0.25, 0.3) is 18.1 Å². The van der Waals surface area contributed by atoms with E-state index in [1.807, 2.05) is 6.92 Å². The van der Waals surface area contributed by atoms with E-state index in [-0.39, 0.29) is 5.70 Å². The predicted octanol–water partition coefficient (Wildman–Crippen LogP) is 2.74. The molecule has 210 valence electrons. The number of aliphatic hydroxyl groups is 1. The third-order valence-corrected chi connectivity index (χ3v) is 10.0. The number of hydrogen-bond acceptors (Lipinski definition) is 12. The zero-order valence-electron chi connectivity index (χ0n) is 21.4. The Morgan fingerprint density at radius 1 is 1.17 bits per heavy atom. The molecule has 1 fully saturated rings. The summed E-state index contributed by atoms with van der Waals surface area (Å²) in [6, 6.07) is 14.1. The first-order valence-corrected chi connectivity index (χ1v) is 15.3. The fourth-order valence-electron chi connectivity index (χ4n) is 4.64. The maximum atomic E-state index is 13.6. The van der Waals surface area contributed by atoms with E-state index in [0.29, 0.717) is 38.1 Å². The van der Waals surface area contributed by atoms with Crippen molar-refractivity contribution in [1.82, 2.24) is 20.4 Å². The maximum absolute atomic E-state index is 13.6. The molecule has 3 aliphatic rings. The molecule has 3 unspecified atom stereocenters. The molecule has 41 heavy (non-hydrogen) atoms. The van der Waals surface area contributed by atoms with Crippen molar-refractivity contribution in [2.45, 2.75) is 35.1 Å². The van der Waals surface area contributed by atoms with E-state index >= 15 is 0 Å². The molecule has 4 heterocycles. The van der Waals surface area contributed by atoms with E-state index in [9.17, 15) is 24.3 Å². The van der Waals surface area contributed by atoms with Crippen molar-refractivity contribution < 1.29 is 33.8 Å². The second-order valence-electron chi connectivity index (χ2n) is 9.27. The summed E-state index contributed by atoms with van der Waals surface area (Å²) in [6.07, 6.45) is -2.70. The molecule has 2 N–H and O–H groups in total. The summed E-state index contributed by atoms with van der Waals surface area (Å²) in [5, 5.41) is 21.4. The highest BCUT2D eigenvalue weighted by Gasteiger charge is 2.55. The van der Waals surface area contributed by atoms with Gasteiger partial charge >= 0.3 is 11.9 Å². The Morgan fingerprint density at radius 3 is 2.68 bits per heavy atom. The number of carbonyl (C=O) groups excluding carboxylic acids is 4. The van der Waals surface area contributed by atoms with E-state index in [1.165, 1.54) is 39.8 Å². The van der Waals surface area contributed by atoms with Gasteiger partial charge in [0.2, 0.25) is 0 Å². The summed E-state index contributed by atoms with van der Waals surface area (Å²) < 4.78 is 11.6. The summed E-state index contributed by atoms with van der Waals surface area (Å²) >= 11 is 4.18. The van der Waals surface area contributed by atoms with Crippen molar-refractivity contribution in [3.05, 3.63) is 87.6 Å². The van der Waals surface area contributed by atoms with Crippen molar-refractivity contribution in [1.29, 1.82) is 0 Å². The van der Waals surface area contributed by atoms with Crippen LogP contribution in [0.4, 0.5) is 0 Å². The smallest absolute Gasteiger partial charge is 0.358 e. The number of rotatable bonds is 8. The van der Waals surface area contributed by atoms with Gasteiger partial charge in [-0.1, -0.05) is 71.6 Å². The molecule has 3 aliphatic heterocycles. The standard InChI is InChI=1S/C27H22N4O7S3/c1-13-29-30-27(41-13)40-12-15-11-39-23-18(28-21(33)20(32)14-7-3-2-4-8-14)22(34)31(23)19(15)25(36)38-26-17-10-6-5-9-16(17)24(35)37-26/h2-10,18,20,23,26,32H,11-12H2,1H3,(H,28,33)/t18?,20?,23-,26?/m0/s1. The fourth-order valence-corrected chi connectivity index (χ4v) is 7.94. The highest BCUT2D eigenvalue weighted by atomic mass is 32.2. The van der Waals surface area contributed by atoms with Gasteiger partial charge < -0.3 is 19.9 Å². The van der Waals surface area contributed by atoms with Gasteiger partial charge in [-0.15, -0.1) is 22.0 Å². The van der Waals surface area contributed by atoms with E-state index in [4.69, 9.17) is 9.47 Å². The summed E-state index contributed by atoms with van der Waals surface area (Å²) in [6.45, 7) is 1.84. The molecular formula is C27H22N4O7S3. The number of nitrogens with one attached hydrogen (secondary N) is 1. The number of esters is 2. The van der Waals surface area contributed by atoms with Crippen molar-refractivity contribution >= 4 is 58.6 Å². The highest BCUT2D eigenvalue weighted by molar-refractivity contribution is 8.01. The molecule has 0 spiro atoms. The Labute approximate surface area is 246 Å². The lowest BCUT2D eigenvalue weighted by Crippen LogP contribution is -2.71. The third-order valence-electron chi connectivity index (χ3n) is 6.64. The number of aliphatic hydroxyl groups excluding tert-OH is 1. The van der Waals surface area contributed by atoms with Gasteiger partial charge in [-0.25, -0.2) is 9.59 Å². The number of β-lactam (4-membered cyclic amide) rings is 1. The Balaban J connectivity index is 1.23. The molecule has 2 amide bonds. The van der Waals surface area contributed by atoms with Crippen LogP contribution in [0, 0.1) is 6.92 Å². The van der Waals surface area contributed by atoms with E-state index in [2.05, 4.69) is 15.5 Å². The molecule has 0 radical (unpaired) electrons. The first-order chi connectivity index (χ1) is 19.8. The number of aryl methyl sites for hydroxylation is 1. The first-order valence-electron chi connectivity index (χ1n) is 12.5. The van der Waals surface area contributed by atoms with E-state index in [1.54, 1.807) is 54.6 Å². The lowest BCUT2D eigenvalue weighted by atomic mass is 10.0. The number of thioether (sulfide) groups is 2. The number of benzene rings is 2. The quantitative estimate of drug-likeness (QED) is 0.220. The van der Waals surface area contributed by atoms with Crippen molar-refractivity contribution in [3.8, 4) is 0 Å². The lowest BCUT2D eigenvalue weighted by molar-refractivity contribution is -0.168. The van der Waals surface area contributed by atoms with Crippen LogP contribution in [0.5, 0.6) is 0 Å². The summed E-state index contributed by atoms with van der Waals surface area (Å²) in [4.78, 5) is 53.4. The van der Waals surface area contributed by atoms with E-state index in [0.717, 1.165) is 5.01 Å². The molecule has 4 atom stereocenters. The SMILES string of the molecule is Cc1nnc(SCC2=C(C(=O)OC3OC(=O)c4ccccc43)N3C(=O)C(NC(=O)C(O)c4ccccc4)[C@@H]3SC2)s1. The monoisotopic (exact) mass is 610 g/mol. The average Bonchev–Trinajstić information content (AvgIpc) is 3.55. The molecule has 1 aromatic heterocycles. The number of cyclic esters (lactones) is 1. The van der Waals surface area contributed by atoms with E-state index < -0.39 is 47.6 Å². The number of carbonyl (C=O) groups is 4. The number of hydrogen-bond donors (Lipinski definition) is 2. The highest BCUT2D eigenvalue weighted by Crippen LogP contribution is 2.43. The molecule has 0 saturated carbocycles. The summed E-state index contributed by atoms with van der Waals surface area (Å²) in [7, 11) is 0. The number of fused-ring (bicyclic) bond motifs is 2. The first kappa shape index (κ1) is 27.4. The molecule has 6 rings (SSSR count). The average molecular weight is 611 g/mol. The Bertz CT molecular complexity index is 1580. The minimum absolute atomic E-state index is 0.0435. The van der Waals surface area contributed by atoms with Gasteiger partial charge in [-0.05, 0) is 24.1 Å². The van der Waals surface area contributed by atoms with Gasteiger partial charge in [0, 0.05) is 17.1 Å². The Kier molecular flexibility index (Phi) is 7.55. The van der Waals surface area contributed by atoms with Gasteiger partial charge in [-0.3, -0.25) is 14.5 Å². The second kappa shape index (κ2) is 11.3. The van der Waals surface area contributed by atoms with Crippen LogP contribution in [0.1, 0.15) is 38.9 Å². The Hall–Kier alpha value is -3.72. The van der Waals surface area contributed by atoms with Crippen molar-refractivity contribution in [2.24, 2.45) is 0 Å². The molecule has 0 aliphatic carbocycles. The molecular weight excluding hydrogens is 589 g/mol. The zero-order valence-corrected chi connectivity index (χ0v) is 23.8. The van der Waals surface area contributed by atoms with Crippen LogP contribution >= 0.6 is 34.9 Å². The Morgan fingerprint density at radius 2 is 1.93 bits per heavy atom.